The molecule has 6 nitrogen and oxygen atoms in total. The number of rotatable bonds is 1. The first-order valence-electron chi connectivity index (χ1n) is 3.29. The molecule has 1 aliphatic heterocycles. The molecule has 66 valence electrons. The van der Waals surface area contributed by atoms with Crippen molar-refractivity contribution in [3.8, 4) is 0 Å². The van der Waals surface area contributed by atoms with Crippen LogP contribution in [0.25, 0.3) is 0 Å². The van der Waals surface area contributed by atoms with Gasteiger partial charge in [0.2, 0.25) is 5.91 Å². The molecule has 0 aromatic heterocycles. The summed E-state index contributed by atoms with van der Waals surface area (Å²) < 4.78 is 0. The van der Waals surface area contributed by atoms with Crippen LogP contribution in [0, 0.1) is 5.92 Å². The minimum Gasteiger partial charge on any atom is -0.530 e. The fourth-order valence-corrected chi connectivity index (χ4v) is 1.09. The standard InChI is InChI=1S/C6H7NO5.Na/c8-4-3(5(9)10)1-2-7(4)6(11)12;/h3H,1-2H2,(H,9,10)(H,11,12);/q;+1/p-1. The Labute approximate surface area is 95.8 Å². The number of carboxylic acids is 1. The molecule has 0 aromatic rings. The summed E-state index contributed by atoms with van der Waals surface area (Å²) in [4.78, 5) is 31.8. The van der Waals surface area contributed by atoms with E-state index in [1.165, 1.54) is 0 Å². The number of amides is 2. The molecule has 2 amide bonds. The topological polar surface area (TPSA) is 97.7 Å². The zero-order valence-electron chi connectivity index (χ0n) is 7.02. The van der Waals surface area contributed by atoms with E-state index in [4.69, 9.17) is 5.11 Å². The minimum absolute atomic E-state index is 0. The minimum atomic E-state index is -1.64. The van der Waals surface area contributed by atoms with Gasteiger partial charge in [0.15, 0.2) is 0 Å². The Morgan fingerprint density at radius 3 is 2.31 bits per heavy atom. The smallest absolute Gasteiger partial charge is 0.530 e. The van der Waals surface area contributed by atoms with Crippen LogP contribution < -0.4 is 34.7 Å². The SMILES string of the molecule is O=C(O)C1CCN(C(=O)[O-])C1=O.[Na+]. The molecule has 1 aliphatic rings. The first-order chi connectivity index (χ1) is 5.54. The molecule has 1 unspecified atom stereocenters. The summed E-state index contributed by atoms with van der Waals surface area (Å²) in [5, 5.41) is 18.6. The van der Waals surface area contributed by atoms with Gasteiger partial charge in [0.05, 0.1) is 0 Å². The maximum absolute atomic E-state index is 10.9. The van der Waals surface area contributed by atoms with Gasteiger partial charge in [-0.15, -0.1) is 0 Å². The Kier molecular flexibility index (Phi) is 4.38. The molecule has 1 heterocycles. The van der Waals surface area contributed by atoms with Gasteiger partial charge >= 0.3 is 35.5 Å². The van der Waals surface area contributed by atoms with Crippen LogP contribution >= 0.6 is 0 Å². The van der Waals surface area contributed by atoms with Crippen molar-refractivity contribution in [1.29, 1.82) is 0 Å². The third-order valence-corrected chi connectivity index (χ3v) is 1.72. The fourth-order valence-electron chi connectivity index (χ4n) is 1.09. The molecule has 1 rings (SSSR count). The van der Waals surface area contributed by atoms with Crippen LogP contribution in [0.1, 0.15) is 6.42 Å². The third kappa shape index (κ3) is 2.43. The van der Waals surface area contributed by atoms with E-state index in [0.29, 0.717) is 4.90 Å². The van der Waals surface area contributed by atoms with Gasteiger partial charge in [0, 0.05) is 6.54 Å². The average molecular weight is 195 g/mol. The Morgan fingerprint density at radius 1 is 1.54 bits per heavy atom. The molecule has 0 saturated carbocycles. The van der Waals surface area contributed by atoms with E-state index in [2.05, 4.69) is 0 Å². The monoisotopic (exact) mass is 195 g/mol. The van der Waals surface area contributed by atoms with Crippen LogP contribution in [0.15, 0.2) is 0 Å². The number of carbonyl (C=O) groups excluding carboxylic acids is 2. The molecule has 0 radical (unpaired) electrons. The van der Waals surface area contributed by atoms with Gasteiger partial charge in [-0.1, -0.05) is 0 Å². The second-order valence-electron chi connectivity index (χ2n) is 2.44. The van der Waals surface area contributed by atoms with E-state index in [9.17, 15) is 19.5 Å². The van der Waals surface area contributed by atoms with Crippen LogP contribution in [0.5, 0.6) is 0 Å². The zero-order valence-corrected chi connectivity index (χ0v) is 9.02. The molecule has 1 atom stereocenters. The molecule has 0 aromatic carbocycles. The van der Waals surface area contributed by atoms with Crippen molar-refractivity contribution in [2.45, 2.75) is 6.42 Å². The second-order valence-corrected chi connectivity index (χ2v) is 2.44. The van der Waals surface area contributed by atoms with Crippen LogP contribution in [0.2, 0.25) is 0 Å². The van der Waals surface area contributed by atoms with Crippen molar-refractivity contribution >= 4 is 18.0 Å². The summed E-state index contributed by atoms with van der Waals surface area (Å²) >= 11 is 0. The number of carbonyl (C=O) groups is 3. The Hall–Kier alpha value is -0.590. The van der Waals surface area contributed by atoms with Crippen LogP contribution in [0.3, 0.4) is 0 Å². The van der Waals surface area contributed by atoms with Crippen molar-refractivity contribution < 1.29 is 54.2 Å². The van der Waals surface area contributed by atoms with Crippen LogP contribution in [-0.4, -0.2) is 34.5 Å². The molecule has 1 N–H and O–H groups in total. The first kappa shape index (κ1) is 12.4. The van der Waals surface area contributed by atoms with Crippen molar-refractivity contribution in [2.75, 3.05) is 6.54 Å². The van der Waals surface area contributed by atoms with E-state index >= 15 is 0 Å². The number of imide groups is 1. The number of nitrogens with zero attached hydrogens (tertiary/aromatic N) is 1. The van der Waals surface area contributed by atoms with Gasteiger partial charge in [-0.2, -0.15) is 0 Å². The van der Waals surface area contributed by atoms with E-state index in [1.54, 1.807) is 0 Å². The Morgan fingerprint density at radius 2 is 2.08 bits per heavy atom. The molecular weight excluding hydrogens is 189 g/mol. The van der Waals surface area contributed by atoms with Crippen molar-refractivity contribution in [2.24, 2.45) is 5.92 Å². The summed E-state index contributed by atoms with van der Waals surface area (Å²) in [7, 11) is 0. The number of carboxylic acid groups (broad SMARTS) is 2. The number of hydrogen-bond donors (Lipinski definition) is 1. The quantitative estimate of drug-likeness (QED) is 0.334. The van der Waals surface area contributed by atoms with Gasteiger partial charge in [0.1, 0.15) is 12.0 Å². The Balaban J connectivity index is 0.00000144. The fraction of sp³-hybridized carbons (Fsp3) is 0.500. The number of aliphatic carboxylic acids is 1. The van der Waals surface area contributed by atoms with Gasteiger partial charge < -0.3 is 15.0 Å². The van der Waals surface area contributed by atoms with Gasteiger partial charge in [-0.3, -0.25) is 14.5 Å². The molecule has 0 aliphatic carbocycles. The summed E-state index contributed by atoms with van der Waals surface area (Å²) in [6.45, 7) is -0.0852. The number of hydrogen-bond acceptors (Lipinski definition) is 4. The average Bonchev–Trinajstić information content (AvgIpc) is 2.30. The van der Waals surface area contributed by atoms with Crippen molar-refractivity contribution in [3.05, 3.63) is 0 Å². The van der Waals surface area contributed by atoms with Gasteiger partial charge in [-0.25, -0.2) is 0 Å². The summed E-state index contributed by atoms with van der Waals surface area (Å²) in [6, 6.07) is 0. The van der Waals surface area contributed by atoms with Gasteiger partial charge in [0.25, 0.3) is 0 Å². The largest absolute Gasteiger partial charge is 1.00 e. The molecule has 0 bridgehead atoms. The second kappa shape index (κ2) is 4.59. The van der Waals surface area contributed by atoms with E-state index in [-0.39, 0.29) is 42.5 Å². The summed E-state index contributed by atoms with van der Waals surface area (Å²) in [5.41, 5.74) is 0. The normalized spacial score (nSPS) is 21.1. The van der Waals surface area contributed by atoms with Crippen LogP contribution in [0.4, 0.5) is 4.79 Å². The molecule has 0 spiro atoms. The molecule has 7 heteroatoms. The number of likely N-dealkylation sites (tertiary alicyclic amines) is 1. The predicted molar refractivity (Wildman–Crippen MR) is 32.9 cm³/mol. The van der Waals surface area contributed by atoms with Crippen molar-refractivity contribution in [1.82, 2.24) is 4.90 Å². The molecule has 1 saturated heterocycles. The van der Waals surface area contributed by atoms with Crippen LogP contribution in [-0.2, 0) is 9.59 Å². The Bertz CT molecular complexity index is 229. The first-order valence-corrected chi connectivity index (χ1v) is 3.29. The van der Waals surface area contributed by atoms with Crippen molar-refractivity contribution in [3.63, 3.8) is 0 Å². The maximum atomic E-state index is 10.9. The summed E-state index contributed by atoms with van der Waals surface area (Å²) in [6.07, 6.45) is -1.61. The maximum Gasteiger partial charge on any atom is 1.00 e. The van der Waals surface area contributed by atoms with Gasteiger partial charge in [-0.05, 0) is 6.42 Å². The van der Waals surface area contributed by atoms with E-state index < -0.39 is 23.9 Å². The predicted octanol–water partition coefficient (Wildman–Crippen LogP) is -4.73. The third-order valence-electron chi connectivity index (χ3n) is 1.72. The van der Waals surface area contributed by atoms with E-state index in [1.807, 2.05) is 0 Å². The molecule has 1 fully saturated rings. The van der Waals surface area contributed by atoms with E-state index in [0.717, 1.165) is 0 Å². The zero-order chi connectivity index (χ0) is 9.30. The molecule has 13 heavy (non-hydrogen) atoms. The molecular formula is C6H6NNaO5. The summed E-state index contributed by atoms with van der Waals surface area (Å²) in [5.74, 6) is -3.41.